The van der Waals surface area contributed by atoms with E-state index in [1.165, 1.54) is 0 Å². The lowest BCUT2D eigenvalue weighted by Gasteiger charge is -2.01. The maximum absolute atomic E-state index is 9.61. The Balaban J connectivity index is 2.97. The van der Waals surface area contributed by atoms with Crippen LogP contribution < -0.4 is 0 Å². The highest BCUT2D eigenvalue weighted by molar-refractivity contribution is 5.87. The van der Waals surface area contributed by atoms with Crippen molar-refractivity contribution in [2.75, 3.05) is 0 Å². The second-order valence-electron chi connectivity index (χ2n) is 3.02. The van der Waals surface area contributed by atoms with Crippen LogP contribution >= 0.6 is 0 Å². The van der Waals surface area contributed by atoms with Gasteiger partial charge in [0.25, 0.3) is 0 Å². The van der Waals surface area contributed by atoms with Gasteiger partial charge in [-0.3, -0.25) is 0 Å². The van der Waals surface area contributed by atoms with Crippen LogP contribution in [0.2, 0.25) is 0 Å². The maximum Gasteiger partial charge on any atom is 0.140 e. The summed E-state index contributed by atoms with van der Waals surface area (Å²) >= 11 is 0. The minimum absolute atomic E-state index is 0.323. The summed E-state index contributed by atoms with van der Waals surface area (Å²) in [4.78, 5) is 0. The minimum atomic E-state index is 0.323. The summed E-state index contributed by atoms with van der Waals surface area (Å²) in [7, 11) is 0. The Morgan fingerprint density at radius 1 is 1.25 bits per heavy atom. The van der Waals surface area contributed by atoms with Crippen LogP contribution in [0.3, 0.4) is 0 Å². The Kier molecular flexibility index (Phi) is 1.37. The third-order valence-corrected chi connectivity index (χ3v) is 2.09. The molecular weight excluding hydrogens is 152 g/mol. The summed E-state index contributed by atoms with van der Waals surface area (Å²) in [6.45, 7) is 3.85. The van der Waals surface area contributed by atoms with Gasteiger partial charge in [-0.15, -0.1) is 0 Å². The molecule has 0 bridgehead atoms. The van der Waals surface area contributed by atoms with Crippen LogP contribution in [-0.2, 0) is 0 Å². The summed E-state index contributed by atoms with van der Waals surface area (Å²) in [5, 5.41) is 10.4. The van der Waals surface area contributed by atoms with Crippen LogP contribution in [0.4, 0.5) is 0 Å². The third-order valence-electron chi connectivity index (χ3n) is 2.09. The first kappa shape index (κ1) is 7.22. The van der Waals surface area contributed by atoms with E-state index in [2.05, 4.69) is 0 Å². The molecule has 12 heavy (non-hydrogen) atoms. The second kappa shape index (κ2) is 2.27. The number of hydrogen-bond donors (Lipinski definition) is 1. The van der Waals surface area contributed by atoms with Crippen molar-refractivity contribution >= 4 is 11.0 Å². The van der Waals surface area contributed by atoms with Gasteiger partial charge in [-0.1, -0.05) is 0 Å². The van der Waals surface area contributed by atoms with Gasteiger partial charge in [0.1, 0.15) is 11.3 Å². The third kappa shape index (κ3) is 0.811. The van der Waals surface area contributed by atoms with Gasteiger partial charge in [0.2, 0.25) is 0 Å². The van der Waals surface area contributed by atoms with Crippen molar-refractivity contribution in [2.45, 2.75) is 13.8 Å². The van der Waals surface area contributed by atoms with Crippen molar-refractivity contribution in [1.82, 2.24) is 0 Å². The van der Waals surface area contributed by atoms with E-state index >= 15 is 0 Å². The second-order valence-corrected chi connectivity index (χ2v) is 3.02. The van der Waals surface area contributed by atoms with Crippen LogP contribution in [-0.4, -0.2) is 5.11 Å². The number of benzene rings is 1. The molecule has 1 aromatic heterocycles. The van der Waals surface area contributed by atoms with Crippen molar-refractivity contribution in [1.29, 1.82) is 0 Å². The molecule has 1 heterocycles. The Hall–Kier alpha value is -1.44. The molecule has 1 aromatic carbocycles. The first-order valence-corrected chi connectivity index (χ1v) is 3.86. The molecule has 0 aliphatic heterocycles. The molecule has 0 spiro atoms. The molecule has 0 atom stereocenters. The molecule has 0 saturated carbocycles. The number of fused-ring (bicyclic) bond motifs is 1. The number of phenolic OH excluding ortho intramolecular Hbond substituents is 1. The van der Waals surface area contributed by atoms with Crippen molar-refractivity contribution in [3.63, 3.8) is 0 Å². The van der Waals surface area contributed by atoms with E-state index in [4.69, 9.17) is 4.42 Å². The number of aromatic hydroxyl groups is 1. The molecule has 1 N–H and O–H groups in total. The van der Waals surface area contributed by atoms with E-state index in [0.29, 0.717) is 5.75 Å². The van der Waals surface area contributed by atoms with Crippen LogP contribution in [0, 0.1) is 13.8 Å². The molecular formula is C10H10O2. The van der Waals surface area contributed by atoms with Gasteiger partial charge in [-0.25, -0.2) is 0 Å². The topological polar surface area (TPSA) is 33.4 Å². The standard InChI is InChI=1S/C10H10O2/c1-6-5-7(2)10-8(9(6)11)3-4-12-10/h3-5,11H,1-2H3. The van der Waals surface area contributed by atoms with Crippen molar-refractivity contribution in [3.05, 3.63) is 29.5 Å². The van der Waals surface area contributed by atoms with Gasteiger partial charge >= 0.3 is 0 Å². The molecule has 0 radical (unpaired) electrons. The monoisotopic (exact) mass is 162 g/mol. The molecule has 2 aromatic rings. The first-order chi connectivity index (χ1) is 5.70. The van der Waals surface area contributed by atoms with Crippen molar-refractivity contribution < 1.29 is 9.52 Å². The minimum Gasteiger partial charge on any atom is -0.507 e. The Morgan fingerprint density at radius 3 is 2.75 bits per heavy atom. The molecule has 0 fully saturated rings. The highest BCUT2D eigenvalue weighted by atomic mass is 16.3. The smallest absolute Gasteiger partial charge is 0.140 e. The van der Waals surface area contributed by atoms with Crippen LogP contribution in [0.15, 0.2) is 22.8 Å². The van der Waals surface area contributed by atoms with Crippen LogP contribution in [0.1, 0.15) is 11.1 Å². The Bertz CT molecular complexity index is 427. The maximum atomic E-state index is 9.61. The lowest BCUT2D eigenvalue weighted by atomic mass is 10.1. The predicted octanol–water partition coefficient (Wildman–Crippen LogP) is 2.76. The molecule has 2 heteroatoms. The number of phenols is 1. The summed E-state index contributed by atoms with van der Waals surface area (Å²) < 4.78 is 5.22. The van der Waals surface area contributed by atoms with Crippen LogP contribution in [0.5, 0.6) is 5.75 Å². The number of aryl methyl sites for hydroxylation is 2. The zero-order valence-corrected chi connectivity index (χ0v) is 7.09. The van der Waals surface area contributed by atoms with E-state index in [9.17, 15) is 5.11 Å². The van der Waals surface area contributed by atoms with Gasteiger partial charge in [0.05, 0.1) is 11.6 Å². The van der Waals surface area contributed by atoms with Gasteiger partial charge in [0, 0.05) is 0 Å². The van der Waals surface area contributed by atoms with Gasteiger partial charge in [0.15, 0.2) is 0 Å². The molecule has 0 saturated heterocycles. The average molecular weight is 162 g/mol. The van der Waals surface area contributed by atoms with Crippen LogP contribution in [0.25, 0.3) is 11.0 Å². The highest BCUT2D eigenvalue weighted by Crippen LogP contribution is 2.31. The fourth-order valence-corrected chi connectivity index (χ4v) is 1.47. The van der Waals surface area contributed by atoms with Gasteiger partial charge in [-0.05, 0) is 37.1 Å². The van der Waals surface area contributed by atoms with Gasteiger partial charge < -0.3 is 9.52 Å². The summed E-state index contributed by atoms with van der Waals surface area (Å²) in [5.74, 6) is 0.323. The zero-order chi connectivity index (χ0) is 8.72. The van der Waals surface area contributed by atoms with E-state index in [-0.39, 0.29) is 0 Å². The van der Waals surface area contributed by atoms with E-state index in [1.807, 2.05) is 19.9 Å². The Labute approximate surface area is 70.4 Å². The van der Waals surface area contributed by atoms with E-state index in [0.717, 1.165) is 22.1 Å². The fraction of sp³-hybridized carbons (Fsp3) is 0.200. The SMILES string of the molecule is Cc1cc(C)c2occc2c1O. The Morgan fingerprint density at radius 2 is 2.00 bits per heavy atom. The first-order valence-electron chi connectivity index (χ1n) is 3.86. The molecule has 0 unspecified atom stereocenters. The molecule has 2 nitrogen and oxygen atoms in total. The normalized spacial score (nSPS) is 10.8. The molecule has 62 valence electrons. The molecule has 0 aliphatic carbocycles. The molecule has 2 rings (SSSR count). The summed E-state index contributed by atoms with van der Waals surface area (Å²) in [6.07, 6.45) is 1.59. The van der Waals surface area contributed by atoms with Crippen molar-refractivity contribution in [3.8, 4) is 5.75 Å². The van der Waals surface area contributed by atoms with E-state index in [1.54, 1.807) is 12.3 Å². The summed E-state index contributed by atoms with van der Waals surface area (Å²) in [5.41, 5.74) is 2.73. The number of furan rings is 1. The highest BCUT2D eigenvalue weighted by Gasteiger charge is 2.07. The van der Waals surface area contributed by atoms with E-state index < -0.39 is 0 Å². The lowest BCUT2D eigenvalue weighted by molar-refractivity contribution is 0.477. The zero-order valence-electron chi connectivity index (χ0n) is 7.09. The number of hydrogen-bond acceptors (Lipinski definition) is 2. The lowest BCUT2D eigenvalue weighted by Crippen LogP contribution is -1.79. The largest absolute Gasteiger partial charge is 0.507 e. The van der Waals surface area contributed by atoms with Gasteiger partial charge in [-0.2, -0.15) is 0 Å². The molecule has 0 amide bonds. The van der Waals surface area contributed by atoms with Crippen molar-refractivity contribution in [2.24, 2.45) is 0 Å². The predicted molar refractivity (Wildman–Crippen MR) is 47.4 cm³/mol. The fourth-order valence-electron chi connectivity index (χ4n) is 1.47. The quantitative estimate of drug-likeness (QED) is 0.646. The summed E-state index contributed by atoms with van der Waals surface area (Å²) in [6, 6.07) is 3.70. The number of rotatable bonds is 0. The average Bonchev–Trinajstić information content (AvgIpc) is 2.48. The molecule has 0 aliphatic rings.